The number of nitro benzene ring substituents is 1. The molecule has 8 nitrogen and oxygen atoms in total. The summed E-state index contributed by atoms with van der Waals surface area (Å²) in [5.41, 5.74) is 2.16. The van der Waals surface area contributed by atoms with Crippen molar-refractivity contribution >= 4 is 22.6 Å². The third-order valence-corrected chi connectivity index (χ3v) is 4.16. The summed E-state index contributed by atoms with van der Waals surface area (Å²) in [4.78, 5) is 26.9. The van der Waals surface area contributed by atoms with Crippen LogP contribution < -0.4 is 10.1 Å². The first-order valence-corrected chi connectivity index (χ1v) is 8.01. The van der Waals surface area contributed by atoms with Crippen molar-refractivity contribution in [2.45, 2.75) is 6.42 Å². The van der Waals surface area contributed by atoms with Crippen molar-refractivity contribution in [1.29, 1.82) is 0 Å². The van der Waals surface area contributed by atoms with Crippen LogP contribution in [0.3, 0.4) is 0 Å². The molecule has 0 unspecified atom stereocenters. The number of amides is 1. The van der Waals surface area contributed by atoms with E-state index in [1.165, 1.54) is 24.3 Å². The minimum atomic E-state index is -0.498. The van der Waals surface area contributed by atoms with E-state index in [1.807, 2.05) is 29.8 Å². The first-order chi connectivity index (χ1) is 12.5. The van der Waals surface area contributed by atoms with Gasteiger partial charge in [0.1, 0.15) is 11.6 Å². The highest BCUT2D eigenvalue weighted by molar-refractivity contribution is 5.94. The van der Waals surface area contributed by atoms with Gasteiger partial charge in [-0.25, -0.2) is 4.98 Å². The fourth-order valence-electron chi connectivity index (χ4n) is 2.70. The topological polar surface area (TPSA) is 99.3 Å². The van der Waals surface area contributed by atoms with Gasteiger partial charge in [-0.2, -0.15) is 0 Å². The van der Waals surface area contributed by atoms with Gasteiger partial charge in [0.05, 0.1) is 23.1 Å². The number of aryl methyl sites for hydroxylation is 1. The lowest BCUT2D eigenvalue weighted by Crippen LogP contribution is -2.26. The van der Waals surface area contributed by atoms with Crippen LogP contribution in [0.2, 0.25) is 0 Å². The quantitative estimate of drug-likeness (QED) is 0.541. The standard InChI is InChI=1S/C18H18N4O4/c1-21-16-8-7-14(26-2)11-15(16)20-17(21)9-10-19-18(23)12-3-5-13(6-4-12)22(24)25/h3-8,11H,9-10H2,1-2H3,(H,19,23). The third-order valence-electron chi connectivity index (χ3n) is 4.16. The fourth-order valence-corrected chi connectivity index (χ4v) is 2.70. The molecule has 0 bridgehead atoms. The molecule has 0 aliphatic heterocycles. The molecule has 1 heterocycles. The highest BCUT2D eigenvalue weighted by atomic mass is 16.6. The van der Waals surface area contributed by atoms with Gasteiger partial charge in [-0.3, -0.25) is 14.9 Å². The Hall–Kier alpha value is -3.42. The SMILES string of the molecule is COc1ccc2c(c1)nc(CCNC(=O)c1ccc([N+](=O)[O-])cc1)n2C. The first-order valence-electron chi connectivity index (χ1n) is 8.01. The minimum absolute atomic E-state index is 0.0447. The molecule has 134 valence electrons. The van der Waals surface area contributed by atoms with Crippen LogP contribution in [0, 0.1) is 10.1 Å². The predicted molar refractivity (Wildman–Crippen MR) is 96.4 cm³/mol. The second kappa shape index (κ2) is 7.22. The molecule has 0 spiro atoms. The maximum atomic E-state index is 12.1. The van der Waals surface area contributed by atoms with Gasteiger partial charge >= 0.3 is 0 Å². The monoisotopic (exact) mass is 354 g/mol. The van der Waals surface area contributed by atoms with E-state index in [0.717, 1.165) is 22.6 Å². The van der Waals surface area contributed by atoms with Gasteiger partial charge in [-0.15, -0.1) is 0 Å². The maximum absolute atomic E-state index is 12.1. The van der Waals surface area contributed by atoms with Crippen molar-refractivity contribution in [3.8, 4) is 5.75 Å². The second-order valence-electron chi connectivity index (χ2n) is 5.75. The number of benzene rings is 2. The number of nitrogens with one attached hydrogen (secondary N) is 1. The molecule has 1 aromatic heterocycles. The summed E-state index contributed by atoms with van der Waals surface area (Å²) in [6.07, 6.45) is 0.562. The summed E-state index contributed by atoms with van der Waals surface area (Å²) in [6.45, 7) is 0.407. The lowest BCUT2D eigenvalue weighted by Gasteiger charge is -2.06. The Morgan fingerprint density at radius 3 is 2.65 bits per heavy atom. The number of hydrogen-bond donors (Lipinski definition) is 1. The Balaban J connectivity index is 1.64. The van der Waals surface area contributed by atoms with Crippen LogP contribution in [0.15, 0.2) is 42.5 Å². The van der Waals surface area contributed by atoms with Crippen LogP contribution in [0.4, 0.5) is 5.69 Å². The van der Waals surface area contributed by atoms with Crippen LogP contribution in [0.5, 0.6) is 5.75 Å². The molecule has 1 N–H and O–H groups in total. The average molecular weight is 354 g/mol. The Morgan fingerprint density at radius 2 is 2.00 bits per heavy atom. The lowest BCUT2D eigenvalue weighted by atomic mass is 10.2. The van der Waals surface area contributed by atoms with Gasteiger partial charge in [0.15, 0.2) is 0 Å². The number of fused-ring (bicyclic) bond motifs is 1. The molecule has 1 amide bonds. The molecular formula is C18H18N4O4. The second-order valence-corrected chi connectivity index (χ2v) is 5.75. The smallest absolute Gasteiger partial charge is 0.269 e. The zero-order valence-corrected chi connectivity index (χ0v) is 14.4. The van der Waals surface area contributed by atoms with Crippen LogP contribution in [0.1, 0.15) is 16.2 Å². The van der Waals surface area contributed by atoms with Gasteiger partial charge in [0, 0.05) is 43.8 Å². The molecule has 0 saturated heterocycles. The van der Waals surface area contributed by atoms with E-state index in [2.05, 4.69) is 10.3 Å². The van der Waals surface area contributed by atoms with Crippen molar-refractivity contribution in [2.75, 3.05) is 13.7 Å². The van der Waals surface area contributed by atoms with Crippen molar-refractivity contribution in [3.05, 3.63) is 64.0 Å². The predicted octanol–water partition coefficient (Wildman–Crippen LogP) is 2.46. The summed E-state index contributed by atoms with van der Waals surface area (Å²) in [5, 5.41) is 13.4. The van der Waals surface area contributed by atoms with Crippen molar-refractivity contribution in [2.24, 2.45) is 7.05 Å². The molecule has 2 aromatic carbocycles. The summed E-state index contributed by atoms with van der Waals surface area (Å²) >= 11 is 0. The van der Waals surface area contributed by atoms with Crippen molar-refractivity contribution in [1.82, 2.24) is 14.9 Å². The van der Waals surface area contributed by atoms with Gasteiger partial charge in [0.2, 0.25) is 0 Å². The number of hydrogen-bond acceptors (Lipinski definition) is 5. The number of methoxy groups -OCH3 is 1. The number of nitro groups is 1. The first kappa shape index (κ1) is 17.4. The Morgan fingerprint density at radius 1 is 1.27 bits per heavy atom. The summed E-state index contributed by atoms with van der Waals surface area (Å²) in [6, 6.07) is 11.2. The van der Waals surface area contributed by atoms with E-state index in [4.69, 9.17) is 4.74 Å². The van der Waals surface area contributed by atoms with Crippen LogP contribution >= 0.6 is 0 Å². The summed E-state index contributed by atoms with van der Waals surface area (Å²) in [5.74, 6) is 1.31. The Kier molecular flexibility index (Phi) is 4.83. The zero-order valence-electron chi connectivity index (χ0n) is 14.4. The van der Waals surface area contributed by atoms with Gasteiger partial charge < -0.3 is 14.6 Å². The highest BCUT2D eigenvalue weighted by Crippen LogP contribution is 2.21. The van der Waals surface area contributed by atoms with E-state index in [0.29, 0.717) is 18.5 Å². The largest absolute Gasteiger partial charge is 0.497 e. The molecular weight excluding hydrogens is 336 g/mol. The molecule has 0 saturated carbocycles. The number of ether oxygens (including phenoxy) is 1. The van der Waals surface area contributed by atoms with Crippen molar-refractivity contribution in [3.63, 3.8) is 0 Å². The lowest BCUT2D eigenvalue weighted by molar-refractivity contribution is -0.384. The van der Waals surface area contributed by atoms with Crippen LogP contribution in [-0.4, -0.2) is 34.0 Å². The van der Waals surface area contributed by atoms with E-state index < -0.39 is 4.92 Å². The number of aromatic nitrogens is 2. The molecule has 0 aliphatic carbocycles. The molecule has 0 aliphatic rings. The number of non-ortho nitro benzene ring substituents is 1. The third kappa shape index (κ3) is 3.49. The van der Waals surface area contributed by atoms with Crippen molar-refractivity contribution < 1.29 is 14.5 Å². The Labute approximate surface area is 149 Å². The fraction of sp³-hybridized carbons (Fsp3) is 0.222. The Bertz CT molecular complexity index is 963. The number of nitrogens with zero attached hydrogens (tertiary/aromatic N) is 3. The summed E-state index contributed by atoms with van der Waals surface area (Å²) in [7, 11) is 3.54. The minimum Gasteiger partial charge on any atom is -0.497 e. The molecule has 26 heavy (non-hydrogen) atoms. The van der Waals surface area contributed by atoms with E-state index in [1.54, 1.807) is 7.11 Å². The highest BCUT2D eigenvalue weighted by Gasteiger charge is 2.11. The van der Waals surface area contributed by atoms with Gasteiger partial charge in [0.25, 0.3) is 11.6 Å². The van der Waals surface area contributed by atoms with Gasteiger partial charge in [-0.1, -0.05) is 0 Å². The number of carbonyl (C=O) groups is 1. The van der Waals surface area contributed by atoms with Crippen LogP contribution in [-0.2, 0) is 13.5 Å². The maximum Gasteiger partial charge on any atom is 0.269 e. The average Bonchev–Trinajstić information content (AvgIpc) is 2.96. The molecule has 0 atom stereocenters. The number of imidazole rings is 1. The molecule has 0 fully saturated rings. The molecule has 8 heteroatoms. The zero-order chi connectivity index (χ0) is 18.7. The van der Waals surface area contributed by atoms with E-state index in [9.17, 15) is 14.9 Å². The van der Waals surface area contributed by atoms with Gasteiger partial charge in [-0.05, 0) is 24.3 Å². The van der Waals surface area contributed by atoms with Crippen LogP contribution in [0.25, 0.3) is 11.0 Å². The molecule has 3 aromatic rings. The number of rotatable bonds is 6. The normalized spacial score (nSPS) is 10.7. The molecule has 3 rings (SSSR count). The number of carbonyl (C=O) groups excluding carboxylic acids is 1. The summed E-state index contributed by atoms with van der Waals surface area (Å²) < 4.78 is 7.19. The molecule has 0 radical (unpaired) electrons. The van der Waals surface area contributed by atoms with E-state index >= 15 is 0 Å². The van der Waals surface area contributed by atoms with E-state index in [-0.39, 0.29) is 11.6 Å².